The molecule has 0 bridgehead atoms. The maximum atomic E-state index is 13.9. The molecule has 4 unspecified atom stereocenters. The van der Waals surface area contributed by atoms with Crippen LogP contribution in [0.5, 0.6) is 0 Å². The minimum absolute atomic E-state index is 0.101. The number of hydrogen-bond donors (Lipinski definition) is 3. The van der Waals surface area contributed by atoms with Crippen LogP contribution in [0.4, 0.5) is 13.2 Å². The van der Waals surface area contributed by atoms with E-state index < -0.39 is 59.4 Å². The Morgan fingerprint density at radius 2 is 1.64 bits per heavy atom. The monoisotopic (exact) mass is 601 g/mol. The van der Waals surface area contributed by atoms with Crippen LogP contribution >= 0.6 is 0 Å². The molecule has 236 valence electrons. The Morgan fingerprint density at radius 1 is 1.00 bits per heavy atom. The number of hydrogen-bond acceptors (Lipinski definition) is 6. The molecule has 0 aromatic rings. The number of nitrogens with one attached hydrogen (secondary N) is 2. The minimum atomic E-state index is -5.20. The van der Waals surface area contributed by atoms with Crippen LogP contribution in [0.25, 0.3) is 0 Å². The number of rotatable bonds is 8. The van der Waals surface area contributed by atoms with Crippen molar-refractivity contribution in [1.29, 1.82) is 0 Å². The normalized spacial score (nSPS) is 27.4. The second-order valence-corrected chi connectivity index (χ2v) is 13.7. The van der Waals surface area contributed by atoms with E-state index in [1.54, 1.807) is 0 Å². The van der Waals surface area contributed by atoms with Gasteiger partial charge in [0.25, 0.3) is 5.91 Å². The highest BCUT2D eigenvalue weighted by Gasteiger charge is 2.70. The molecule has 3 heterocycles. The molecule has 0 aromatic heterocycles. The Morgan fingerprint density at radius 3 is 2.17 bits per heavy atom. The number of aliphatic hydroxyl groups is 1. The molecule has 11 nitrogen and oxygen atoms in total. The van der Waals surface area contributed by atoms with Gasteiger partial charge in [-0.3, -0.25) is 24.0 Å². The molecule has 5 amide bonds. The van der Waals surface area contributed by atoms with Crippen LogP contribution in [0.1, 0.15) is 60.3 Å². The van der Waals surface area contributed by atoms with Crippen molar-refractivity contribution in [2.24, 2.45) is 22.7 Å². The number of aliphatic hydroxyl groups excluding tert-OH is 1. The molecule has 4 rings (SSSR count). The zero-order valence-electron chi connectivity index (χ0n) is 24.8. The molecule has 42 heavy (non-hydrogen) atoms. The van der Waals surface area contributed by atoms with Gasteiger partial charge in [-0.2, -0.15) is 13.2 Å². The summed E-state index contributed by atoms with van der Waals surface area (Å²) in [7, 11) is 0. The average molecular weight is 602 g/mol. The van der Waals surface area contributed by atoms with Crippen molar-refractivity contribution in [3.05, 3.63) is 0 Å². The molecule has 3 saturated heterocycles. The zero-order chi connectivity index (χ0) is 31.4. The molecule has 14 heteroatoms. The van der Waals surface area contributed by atoms with E-state index in [0.717, 1.165) is 19.3 Å². The van der Waals surface area contributed by atoms with Gasteiger partial charge in [-0.05, 0) is 41.9 Å². The number of halogens is 3. The SMILES string of the molecule is CC1(C)C2CN(C(=O)[C@@H](NC(=O)C(F)(F)F)C(C)(C)C)C(C(=O)N[C@@H](CN3CCCCC3=O)C(O)C(=O)N3CCC3)C21. The first-order valence-corrected chi connectivity index (χ1v) is 14.6. The third-order valence-corrected chi connectivity index (χ3v) is 9.37. The largest absolute Gasteiger partial charge is 0.471 e. The lowest BCUT2D eigenvalue weighted by Gasteiger charge is -2.39. The summed E-state index contributed by atoms with van der Waals surface area (Å²) in [5.74, 6) is -4.88. The third-order valence-electron chi connectivity index (χ3n) is 9.37. The summed E-state index contributed by atoms with van der Waals surface area (Å²) >= 11 is 0. The Kier molecular flexibility index (Phi) is 8.62. The lowest BCUT2D eigenvalue weighted by atomic mass is 9.85. The summed E-state index contributed by atoms with van der Waals surface area (Å²) in [5, 5.41) is 15.6. The van der Waals surface area contributed by atoms with Gasteiger partial charge in [0, 0.05) is 39.1 Å². The highest BCUT2D eigenvalue weighted by molar-refractivity contribution is 5.95. The summed E-state index contributed by atoms with van der Waals surface area (Å²) in [6, 6.07) is -3.83. The lowest BCUT2D eigenvalue weighted by molar-refractivity contribution is -0.176. The second-order valence-electron chi connectivity index (χ2n) is 13.7. The summed E-state index contributed by atoms with van der Waals surface area (Å²) in [6.07, 6.45) is -4.27. The van der Waals surface area contributed by atoms with Crippen LogP contribution in [0, 0.1) is 22.7 Å². The first kappa shape index (κ1) is 32.0. The smallest absolute Gasteiger partial charge is 0.381 e. The predicted molar refractivity (Wildman–Crippen MR) is 143 cm³/mol. The quantitative estimate of drug-likeness (QED) is 0.374. The first-order chi connectivity index (χ1) is 19.4. The molecule has 3 aliphatic heterocycles. The van der Waals surface area contributed by atoms with Gasteiger partial charge in [0.15, 0.2) is 6.10 Å². The lowest BCUT2D eigenvalue weighted by Crippen LogP contribution is -2.63. The van der Waals surface area contributed by atoms with Crippen molar-refractivity contribution in [2.45, 2.75) is 90.7 Å². The minimum Gasteiger partial charge on any atom is -0.381 e. The first-order valence-electron chi connectivity index (χ1n) is 14.6. The maximum absolute atomic E-state index is 13.9. The molecule has 0 radical (unpaired) electrons. The summed E-state index contributed by atoms with van der Waals surface area (Å²) in [4.78, 5) is 69.2. The van der Waals surface area contributed by atoms with Crippen LogP contribution in [0.15, 0.2) is 0 Å². The summed E-state index contributed by atoms with van der Waals surface area (Å²) in [6.45, 7) is 9.78. The van der Waals surface area contributed by atoms with Gasteiger partial charge in [-0.25, -0.2) is 0 Å². The third kappa shape index (κ3) is 6.23. The highest BCUT2D eigenvalue weighted by Crippen LogP contribution is 2.65. The van der Waals surface area contributed by atoms with Gasteiger partial charge in [0.2, 0.25) is 17.7 Å². The van der Waals surface area contributed by atoms with Crippen LogP contribution in [-0.2, 0) is 24.0 Å². The summed E-state index contributed by atoms with van der Waals surface area (Å²) in [5.41, 5.74) is -1.45. The van der Waals surface area contributed by atoms with Crippen molar-refractivity contribution >= 4 is 29.5 Å². The summed E-state index contributed by atoms with van der Waals surface area (Å²) < 4.78 is 39.4. The molecule has 0 aromatic carbocycles. The molecule has 0 spiro atoms. The fourth-order valence-corrected chi connectivity index (χ4v) is 6.52. The molecule has 1 saturated carbocycles. The number of likely N-dealkylation sites (tertiary alicyclic amines) is 3. The zero-order valence-corrected chi connectivity index (χ0v) is 24.8. The fraction of sp³-hybridized carbons (Fsp3) is 0.821. The Hall–Kier alpha value is -2.90. The van der Waals surface area contributed by atoms with Crippen molar-refractivity contribution in [1.82, 2.24) is 25.3 Å². The standard InChI is InChI=1S/C28H42F3N5O6/c1-26(2,3)21(33-25(42)28(29,30)31)24(41)36-13-15-18(27(15,4)5)19(36)22(39)32-16(14-35-10-7-6-9-17(35)37)20(38)23(40)34-11-8-12-34/h15-16,18-21,38H,6-14H2,1-5H3,(H,32,39)(H,33,42)/t15?,16-,18?,19?,20?,21+/m0/s1. The maximum Gasteiger partial charge on any atom is 0.471 e. The molecule has 3 N–H and O–H groups in total. The number of alkyl halides is 3. The van der Waals surface area contributed by atoms with Crippen molar-refractivity contribution in [3.63, 3.8) is 0 Å². The van der Waals surface area contributed by atoms with Crippen LogP contribution in [0.2, 0.25) is 0 Å². The van der Waals surface area contributed by atoms with Gasteiger partial charge < -0.3 is 30.4 Å². The fourth-order valence-electron chi connectivity index (χ4n) is 6.52. The molecule has 1 aliphatic carbocycles. The van der Waals surface area contributed by atoms with E-state index >= 15 is 0 Å². The Bertz CT molecular complexity index is 1120. The topological polar surface area (TPSA) is 139 Å². The van der Waals surface area contributed by atoms with E-state index in [1.807, 2.05) is 19.2 Å². The number of nitrogens with zero attached hydrogens (tertiary/aromatic N) is 3. The number of fused-ring (bicyclic) bond motifs is 1. The highest BCUT2D eigenvalue weighted by atomic mass is 19.4. The van der Waals surface area contributed by atoms with E-state index in [1.165, 1.54) is 35.5 Å². The molecular formula is C28H42F3N5O6. The Labute approximate surface area is 243 Å². The van der Waals surface area contributed by atoms with Gasteiger partial charge in [0.1, 0.15) is 12.1 Å². The van der Waals surface area contributed by atoms with E-state index in [4.69, 9.17) is 0 Å². The van der Waals surface area contributed by atoms with Gasteiger partial charge >= 0.3 is 12.1 Å². The van der Waals surface area contributed by atoms with Crippen molar-refractivity contribution < 1.29 is 42.3 Å². The van der Waals surface area contributed by atoms with E-state index in [0.29, 0.717) is 26.1 Å². The van der Waals surface area contributed by atoms with Gasteiger partial charge in [0.05, 0.1) is 6.04 Å². The van der Waals surface area contributed by atoms with E-state index in [9.17, 15) is 42.3 Å². The van der Waals surface area contributed by atoms with Crippen LogP contribution in [0.3, 0.4) is 0 Å². The Balaban J connectivity index is 1.59. The van der Waals surface area contributed by atoms with Crippen LogP contribution < -0.4 is 10.6 Å². The number of amides is 5. The number of piperidine rings is 2. The predicted octanol–water partition coefficient (Wildman–Crippen LogP) is 0.653. The number of carbonyl (C=O) groups excluding carboxylic acids is 5. The van der Waals surface area contributed by atoms with Crippen molar-refractivity contribution in [2.75, 3.05) is 32.7 Å². The van der Waals surface area contributed by atoms with Gasteiger partial charge in [-0.15, -0.1) is 0 Å². The van der Waals surface area contributed by atoms with E-state index in [2.05, 4.69) is 5.32 Å². The van der Waals surface area contributed by atoms with Crippen molar-refractivity contribution in [3.8, 4) is 0 Å². The molecule has 4 aliphatic rings. The molecule has 6 atom stereocenters. The van der Waals surface area contributed by atoms with Crippen LogP contribution in [-0.4, -0.2) is 112 Å². The van der Waals surface area contributed by atoms with Gasteiger partial charge in [-0.1, -0.05) is 34.6 Å². The average Bonchev–Trinajstić information content (AvgIpc) is 3.18. The number of carbonyl (C=O) groups is 5. The molecule has 4 fully saturated rings. The van der Waals surface area contributed by atoms with E-state index in [-0.39, 0.29) is 36.2 Å². The second kappa shape index (κ2) is 11.3. The molecular weight excluding hydrogens is 559 g/mol.